The molecule has 0 saturated heterocycles. The smallest absolute Gasteiger partial charge is 0.371 e. The summed E-state index contributed by atoms with van der Waals surface area (Å²) in [4.78, 5) is 10.6. The van der Waals surface area contributed by atoms with Crippen molar-refractivity contribution in [3.8, 4) is 0 Å². The number of benzene rings is 1. The van der Waals surface area contributed by atoms with E-state index < -0.39 is 21.8 Å². The number of hydrogen-bond acceptors (Lipinski definition) is 4. The number of rotatable bonds is 4. The number of aromatic carboxylic acids is 1. The summed E-state index contributed by atoms with van der Waals surface area (Å²) in [7, 11) is -3.88. The van der Waals surface area contributed by atoms with Gasteiger partial charge in [0.25, 0.3) is 10.0 Å². The maximum absolute atomic E-state index is 12.2. The van der Waals surface area contributed by atoms with Crippen LogP contribution < -0.4 is 4.72 Å². The summed E-state index contributed by atoms with van der Waals surface area (Å²) in [5.74, 6) is -1.69. The van der Waals surface area contributed by atoms with E-state index in [1.165, 1.54) is 6.92 Å². The van der Waals surface area contributed by atoms with Gasteiger partial charge in [-0.25, -0.2) is 13.2 Å². The van der Waals surface area contributed by atoms with Gasteiger partial charge in [-0.3, -0.25) is 4.72 Å². The van der Waals surface area contributed by atoms with E-state index in [-0.39, 0.29) is 10.7 Å². The fourth-order valence-corrected chi connectivity index (χ4v) is 2.99. The Morgan fingerprint density at radius 1 is 1.25 bits per heavy atom. The summed E-state index contributed by atoms with van der Waals surface area (Å²) in [6.45, 7) is 3.24. The highest BCUT2D eigenvalue weighted by Crippen LogP contribution is 2.23. The fourth-order valence-electron chi connectivity index (χ4n) is 1.76. The maximum Gasteiger partial charge on any atom is 0.371 e. The van der Waals surface area contributed by atoms with Crippen molar-refractivity contribution in [2.24, 2.45) is 0 Å². The molecule has 0 aliphatic carbocycles. The van der Waals surface area contributed by atoms with E-state index >= 15 is 0 Å². The maximum atomic E-state index is 12.2. The molecule has 0 aliphatic rings. The first-order chi connectivity index (χ1) is 9.29. The Kier molecular flexibility index (Phi) is 3.54. The van der Waals surface area contributed by atoms with E-state index in [1.54, 1.807) is 18.2 Å². The fraction of sp³-hybridized carbons (Fsp3) is 0.154. The van der Waals surface area contributed by atoms with E-state index in [0.29, 0.717) is 5.69 Å². The molecule has 106 valence electrons. The third-order valence-corrected chi connectivity index (χ3v) is 4.13. The van der Waals surface area contributed by atoms with Crippen LogP contribution in [-0.2, 0) is 10.0 Å². The van der Waals surface area contributed by atoms with Crippen LogP contribution in [0.4, 0.5) is 5.69 Å². The summed E-state index contributed by atoms with van der Waals surface area (Å²) in [6.07, 6.45) is 0. The molecule has 0 fully saturated rings. The van der Waals surface area contributed by atoms with Crippen LogP contribution in [0.3, 0.4) is 0 Å². The van der Waals surface area contributed by atoms with Gasteiger partial charge >= 0.3 is 5.97 Å². The van der Waals surface area contributed by atoms with Gasteiger partial charge < -0.3 is 9.52 Å². The molecule has 7 heteroatoms. The molecule has 1 aromatic carbocycles. The molecule has 2 aromatic rings. The second-order valence-corrected chi connectivity index (χ2v) is 5.96. The van der Waals surface area contributed by atoms with Gasteiger partial charge in [0.1, 0.15) is 10.7 Å². The SMILES string of the molecule is Cc1cccc(NS(=O)(=O)c2cc(C(=O)O)oc2C)c1. The van der Waals surface area contributed by atoms with Crippen LogP contribution in [-0.4, -0.2) is 19.5 Å². The highest BCUT2D eigenvalue weighted by Gasteiger charge is 2.23. The van der Waals surface area contributed by atoms with Crippen molar-refractivity contribution >= 4 is 21.7 Å². The van der Waals surface area contributed by atoms with E-state index in [0.717, 1.165) is 11.6 Å². The third kappa shape index (κ3) is 2.83. The van der Waals surface area contributed by atoms with Gasteiger partial charge in [0.2, 0.25) is 5.76 Å². The number of carbonyl (C=O) groups is 1. The summed E-state index contributed by atoms with van der Waals surface area (Å²) >= 11 is 0. The van der Waals surface area contributed by atoms with Crippen molar-refractivity contribution < 1.29 is 22.7 Å². The highest BCUT2D eigenvalue weighted by atomic mass is 32.2. The van der Waals surface area contributed by atoms with Gasteiger partial charge in [-0.1, -0.05) is 12.1 Å². The number of aryl methyl sites for hydroxylation is 2. The lowest BCUT2D eigenvalue weighted by molar-refractivity contribution is 0.0661. The lowest BCUT2D eigenvalue weighted by Crippen LogP contribution is -2.13. The minimum absolute atomic E-state index is 0.0301. The van der Waals surface area contributed by atoms with E-state index in [9.17, 15) is 13.2 Å². The molecule has 6 nitrogen and oxygen atoms in total. The van der Waals surface area contributed by atoms with Crippen molar-refractivity contribution in [2.75, 3.05) is 4.72 Å². The standard InChI is InChI=1S/C13H13NO5S/c1-8-4-3-5-10(6-8)14-20(17,18)12-7-11(13(15)16)19-9(12)2/h3-7,14H,1-2H3,(H,15,16). The summed E-state index contributed by atoms with van der Waals surface area (Å²) in [5.41, 5.74) is 1.31. The molecular weight excluding hydrogens is 282 g/mol. The molecule has 0 amide bonds. The third-order valence-electron chi connectivity index (χ3n) is 2.64. The number of carboxylic acid groups (broad SMARTS) is 1. The molecule has 1 heterocycles. The van der Waals surface area contributed by atoms with Crippen LogP contribution >= 0.6 is 0 Å². The molecule has 0 bridgehead atoms. The van der Waals surface area contributed by atoms with E-state index in [1.807, 2.05) is 13.0 Å². The summed E-state index contributed by atoms with van der Waals surface area (Å²) in [5, 5.41) is 8.81. The van der Waals surface area contributed by atoms with Crippen LogP contribution in [0.1, 0.15) is 21.9 Å². The van der Waals surface area contributed by atoms with Crippen molar-refractivity contribution in [3.05, 3.63) is 47.4 Å². The molecular formula is C13H13NO5S. The van der Waals surface area contributed by atoms with Crippen molar-refractivity contribution in [1.82, 2.24) is 0 Å². The zero-order valence-electron chi connectivity index (χ0n) is 10.9. The molecule has 0 atom stereocenters. The summed E-state index contributed by atoms with van der Waals surface area (Å²) < 4.78 is 31.7. The first-order valence-electron chi connectivity index (χ1n) is 5.73. The second kappa shape index (κ2) is 5.01. The number of sulfonamides is 1. The van der Waals surface area contributed by atoms with Gasteiger partial charge in [0.15, 0.2) is 0 Å². The first-order valence-corrected chi connectivity index (χ1v) is 7.21. The lowest BCUT2D eigenvalue weighted by atomic mass is 10.2. The second-order valence-electron chi connectivity index (χ2n) is 4.31. The highest BCUT2D eigenvalue weighted by molar-refractivity contribution is 7.92. The van der Waals surface area contributed by atoms with Crippen molar-refractivity contribution in [3.63, 3.8) is 0 Å². The first kappa shape index (κ1) is 14.1. The number of hydrogen-bond donors (Lipinski definition) is 2. The Morgan fingerprint density at radius 2 is 1.95 bits per heavy atom. The van der Waals surface area contributed by atoms with Gasteiger partial charge in [-0.05, 0) is 31.5 Å². The molecule has 0 radical (unpaired) electrons. The monoisotopic (exact) mass is 295 g/mol. The average Bonchev–Trinajstić information content (AvgIpc) is 2.71. The topological polar surface area (TPSA) is 96.6 Å². The zero-order valence-corrected chi connectivity index (χ0v) is 11.7. The zero-order chi connectivity index (χ0) is 14.9. The van der Waals surface area contributed by atoms with Gasteiger partial charge in [0.05, 0.1) is 0 Å². The Labute approximate surface area is 116 Å². The van der Waals surface area contributed by atoms with Crippen LogP contribution in [0.25, 0.3) is 0 Å². The Hall–Kier alpha value is -2.28. The van der Waals surface area contributed by atoms with Crippen molar-refractivity contribution in [1.29, 1.82) is 0 Å². The molecule has 0 aliphatic heterocycles. The average molecular weight is 295 g/mol. The number of anilines is 1. The number of furan rings is 1. The summed E-state index contributed by atoms with van der Waals surface area (Å²) in [6, 6.07) is 7.83. The normalized spacial score (nSPS) is 11.3. The molecule has 0 spiro atoms. The largest absolute Gasteiger partial charge is 0.475 e. The molecule has 0 saturated carbocycles. The Bertz CT molecular complexity index is 761. The molecule has 20 heavy (non-hydrogen) atoms. The quantitative estimate of drug-likeness (QED) is 0.902. The predicted molar refractivity (Wildman–Crippen MR) is 72.4 cm³/mol. The van der Waals surface area contributed by atoms with E-state index in [4.69, 9.17) is 9.52 Å². The number of nitrogens with one attached hydrogen (secondary N) is 1. The minimum atomic E-state index is -3.88. The molecule has 1 aromatic heterocycles. The van der Waals surface area contributed by atoms with Crippen LogP contribution in [0.2, 0.25) is 0 Å². The van der Waals surface area contributed by atoms with Crippen LogP contribution in [0.15, 0.2) is 39.6 Å². The van der Waals surface area contributed by atoms with Crippen LogP contribution in [0, 0.1) is 13.8 Å². The van der Waals surface area contributed by atoms with Gasteiger partial charge in [-0.15, -0.1) is 0 Å². The Morgan fingerprint density at radius 3 is 2.50 bits per heavy atom. The van der Waals surface area contributed by atoms with Crippen LogP contribution in [0.5, 0.6) is 0 Å². The minimum Gasteiger partial charge on any atom is -0.475 e. The molecule has 0 unspecified atom stereocenters. The Balaban J connectivity index is 2.38. The predicted octanol–water partition coefficient (Wildman–Crippen LogP) is 2.40. The van der Waals surface area contributed by atoms with Gasteiger partial charge in [0, 0.05) is 11.8 Å². The lowest BCUT2D eigenvalue weighted by Gasteiger charge is -2.07. The molecule has 2 N–H and O–H groups in total. The van der Waals surface area contributed by atoms with Crippen molar-refractivity contribution in [2.45, 2.75) is 18.7 Å². The van der Waals surface area contributed by atoms with E-state index in [2.05, 4.69) is 4.72 Å². The van der Waals surface area contributed by atoms with Gasteiger partial charge in [-0.2, -0.15) is 0 Å². The molecule has 2 rings (SSSR count). The number of carboxylic acids is 1.